The molecule has 10 heteroatoms. The van der Waals surface area contributed by atoms with Gasteiger partial charge in [-0.05, 0) is 26.0 Å². The molecule has 0 aliphatic heterocycles. The first-order valence-electron chi connectivity index (χ1n) is 8.72. The van der Waals surface area contributed by atoms with Gasteiger partial charge in [-0.3, -0.25) is 24.2 Å². The molecule has 3 heterocycles. The molecule has 0 radical (unpaired) electrons. The summed E-state index contributed by atoms with van der Waals surface area (Å²) in [6.45, 7) is 4.47. The van der Waals surface area contributed by atoms with Crippen molar-refractivity contribution in [3.8, 4) is 0 Å². The maximum atomic E-state index is 12.8. The van der Waals surface area contributed by atoms with E-state index in [0.717, 1.165) is 5.69 Å². The lowest BCUT2D eigenvalue weighted by Crippen LogP contribution is -2.20. The van der Waals surface area contributed by atoms with E-state index in [9.17, 15) is 9.59 Å². The number of carbonyl (C=O) groups excluding carboxylic acids is 2. The number of hydrogen-bond donors (Lipinski definition) is 3. The van der Waals surface area contributed by atoms with E-state index in [-0.39, 0.29) is 24.0 Å². The van der Waals surface area contributed by atoms with Crippen LogP contribution in [0.1, 0.15) is 33.5 Å². The van der Waals surface area contributed by atoms with Gasteiger partial charge in [0.15, 0.2) is 5.65 Å². The average Bonchev–Trinajstić information content (AvgIpc) is 3.21. The van der Waals surface area contributed by atoms with Crippen LogP contribution in [0, 0.1) is 6.92 Å². The molecule has 0 aliphatic rings. The molecule has 4 N–H and O–H groups in total. The smallest absolute Gasteiger partial charge is 0.276 e. The quantitative estimate of drug-likeness (QED) is 0.517. The third kappa shape index (κ3) is 3.76. The number of hydrogen-bond acceptors (Lipinski definition) is 6. The minimum absolute atomic E-state index is 0.109. The van der Waals surface area contributed by atoms with Crippen LogP contribution in [0.4, 0.5) is 5.95 Å². The third-order valence-corrected chi connectivity index (χ3v) is 4.09. The Balaban J connectivity index is 2.02. The maximum absolute atomic E-state index is 12.8. The highest BCUT2D eigenvalue weighted by Gasteiger charge is 2.19. The van der Waals surface area contributed by atoms with Crippen molar-refractivity contribution in [2.75, 3.05) is 11.9 Å². The second-order valence-electron chi connectivity index (χ2n) is 6.07. The lowest BCUT2D eigenvalue weighted by molar-refractivity contribution is 0.0995. The first-order valence-corrected chi connectivity index (χ1v) is 8.72. The molecule has 3 aromatic heterocycles. The number of nitrogens with zero attached hydrogens (tertiary/aromatic N) is 5. The number of pyridine rings is 1. The van der Waals surface area contributed by atoms with E-state index < -0.39 is 5.91 Å². The molecule has 0 bridgehead atoms. The third-order valence-electron chi connectivity index (χ3n) is 4.09. The molecular formula is C18H21N7O3. The van der Waals surface area contributed by atoms with Gasteiger partial charge in [0, 0.05) is 19.3 Å². The number of amides is 2. The van der Waals surface area contributed by atoms with Crippen molar-refractivity contribution in [3.63, 3.8) is 0 Å². The Kier molecular flexibility index (Phi) is 5.50. The Morgan fingerprint density at radius 1 is 1.32 bits per heavy atom. The molecule has 3 aromatic rings. The summed E-state index contributed by atoms with van der Waals surface area (Å²) in [5.74, 6) is -0.712. The van der Waals surface area contributed by atoms with Gasteiger partial charge in [-0.1, -0.05) is 12.2 Å². The Bertz CT molecular complexity index is 1060. The van der Waals surface area contributed by atoms with Crippen LogP contribution in [0.3, 0.4) is 0 Å². The molecule has 10 nitrogen and oxygen atoms in total. The fraction of sp³-hybridized carbons (Fsp3) is 0.278. The summed E-state index contributed by atoms with van der Waals surface area (Å²) >= 11 is 0. The molecule has 0 fully saturated rings. The molecular weight excluding hydrogens is 362 g/mol. The van der Waals surface area contributed by atoms with Crippen LogP contribution >= 0.6 is 0 Å². The lowest BCUT2D eigenvalue weighted by Gasteiger charge is -2.08. The first kappa shape index (κ1) is 19.2. The second-order valence-corrected chi connectivity index (χ2v) is 6.07. The van der Waals surface area contributed by atoms with E-state index >= 15 is 0 Å². The first-order chi connectivity index (χ1) is 13.4. The highest BCUT2D eigenvalue weighted by Crippen LogP contribution is 2.20. The predicted octanol–water partition coefficient (Wildman–Crippen LogP) is 0.856. The fourth-order valence-electron chi connectivity index (χ4n) is 2.80. The van der Waals surface area contributed by atoms with Crippen LogP contribution in [0.2, 0.25) is 0 Å². The monoisotopic (exact) mass is 383 g/mol. The zero-order valence-corrected chi connectivity index (χ0v) is 15.6. The van der Waals surface area contributed by atoms with Gasteiger partial charge in [-0.2, -0.15) is 5.10 Å². The van der Waals surface area contributed by atoms with Crippen LogP contribution in [0.5, 0.6) is 0 Å². The number of rotatable bonds is 7. The summed E-state index contributed by atoms with van der Waals surface area (Å²) in [6.07, 6.45) is 4.66. The summed E-state index contributed by atoms with van der Waals surface area (Å²) in [4.78, 5) is 32.8. The van der Waals surface area contributed by atoms with Gasteiger partial charge in [0.1, 0.15) is 11.2 Å². The Morgan fingerprint density at radius 3 is 2.79 bits per heavy atom. The minimum Gasteiger partial charge on any atom is -0.392 e. The molecule has 0 aliphatic carbocycles. The van der Waals surface area contributed by atoms with E-state index in [4.69, 9.17) is 10.8 Å². The Labute approximate surface area is 160 Å². The van der Waals surface area contributed by atoms with Crippen LogP contribution in [-0.4, -0.2) is 47.8 Å². The van der Waals surface area contributed by atoms with Gasteiger partial charge in [-0.25, -0.2) is 9.97 Å². The number of fused-ring (bicyclic) bond motifs is 1. The predicted molar refractivity (Wildman–Crippen MR) is 103 cm³/mol. The molecule has 0 saturated heterocycles. The van der Waals surface area contributed by atoms with Gasteiger partial charge in [0.2, 0.25) is 11.9 Å². The molecule has 0 spiro atoms. The highest BCUT2D eigenvalue weighted by molar-refractivity contribution is 6.03. The fourth-order valence-corrected chi connectivity index (χ4v) is 2.80. The van der Waals surface area contributed by atoms with Crippen LogP contribution in [-0.2, 0) is 13.1 Å². The van der Waals surface area contributed by atoms with Crippen LogP contribution < -0.4 is 11.1 Å². The molecule has 3 rings (SSSR count). The van der Waals surface area contributed by atoms with Gasteiger partial charge < -0.3 is 10.8 Å². The number of aliphatic hydroxyl groups is 1. The Morgan fingerprint density at radius 2 is 2.11 bits per heavy atom. The zero-order chi connectivity index (χ0) is 20.3. The summed E-state index contributed by atoms with van der Waals surface area (Å²) < 4.78 is 3.27. The van der Waals surface area contributed by atoms with Crippen molar-refractivity contribution in [3.05, 3.63) is 47.4 Å². The number of carbonyl (C=O) groups is 2. The summed E-state index contributed by atoms with van der Waals surface area (Å²) in [5.41, 5.74) is 7.57. The lowest BCUT2D eigenvalue weighted by atomic mass is 10.2. The van der Waals surface area contributed by atoms with Crippen molar-refractivity contribution in [2.45, 2.75) is 26.9 Å². The van der Waals surface area contributed by atoms with Gasteiger partial charge >= 0.3 is 0 Å². The zero-order valence-electron chi connectivity index (χ0n) is 15.6. The molecule has 2 amide bonds. The van der Waals surface area contributed by atoms with Crippen molar-refractivity contribution >= 4 is 28.9 Å². The largest absolute Gasteiger partial charge is 0.392 e. The van der Waals surface area contributed by atoms with E-state index in [2.05, 4.69) is 20.4 Å². The number of aryl methyl sites for hydroxylation is 2. The standard InChI is InChI=1S/C18H21N7O3/c1-3-25-14(8-11(2)23-25)17(28)22-18-21-13-9-12(15(19)27)10-20-16(13)24(18)6-4-5-7-26/h4-5,8-10,26H,3,6-7H2,1-2H3,(H2,19,27)(H,21,22,28)/b5-4+. The van der Waals surface area contributed by atoms with E-state index in [0.29, 0.717) is 29.9 Å². The maximum Gasteiger partial charge on any atom is 0.276 e. The molecule has 0 aromatic carbocycles. The van der Waals surface area contributed by atoms with Crippen molar-refractivity contribution < 1.29 is 14.7 Å². The molecule has 0 saturated carbocycles. The minimum atomic E-state index is -0.614. The number of primary amides is 1. The molecule has 0 atom stereocenters. The summed E-state index contributed by atoms with van der Waals surface area (Å²) in [7, 11) is 0. The van der Waals surface area contributed by atoms with Crippen LogP contribution in [0.15, 0.2) is 30.5 Å². The number of anilines is 1. The number of nitrogens with two attached hydrogens (primary N) is 1. The molecule has 146 valence electrons. The Hall–Kier alpha value is -3.53. The van der Waals surface area contributed by atoms with Crippen LogP contribution in [0.25, 0.3) is 11.2 Å². The number of imidazole rings is 1. The van der Waals surface area contributed by atoms with Crippen molar-refractivity contribution in [1.82, 2.24) is 24.3 Å². The number of aromatic nitrogens is 5. The summed E-state index contributed by atoms with van der Waals surface area (Å²) in [5, 5.41) is 16.0. The highest BCUT2D eigenvalue weighted by atomic mass is 16.2. The number of allylic oxidation sites excluding steroid dienone is 1. The van der Waals surface area contributed by atoms with E-state index in [1.807, 2.05) is 13.8 Å². The molecule has 28 heavy (non-hydrogen) atoms. The molecule has 0 unspecified atom stereocenters. The van der Waals surface area contributed by atoms with E-state index in [1.165, 1.54) is 12.3 Å². The van der Waals surface area contributed by atoms with E-state index in [1.54, 1.807) is 27.5 Å². The number of nitrogens with one attached hydrogen (secondary N) is 1. The average molecular weight is 383 g/mol. The van der Waals surface area contributed by atoms with Gasteiger partial charge in [0.05, 0.1) is 17.9 Å². The normalized spacial score (nSPS) is 11.4. The SMILES string of the molecule is CCn1nc(C)cc1C(=O)Nc1nc2cc(C(N)=O)cnc2n1C/C=C/CO. The second kappa shape index (κ2) is 8.01. The topological polar surface area (TPSA) is 141 Å². The van der Waals surface area contributed by atoms with Crippen molar-refractivity contribution in [2.24, 2.45) is 5.73 Å². The van der Waals surface area contributed by atoms with Gasteiger partial charge in [-0.15, -0.1) is 0 Å². The number of aliphatic hydroxyl groups excluding tert-OH is 1. The van der Waals surface area contributed by atoms with Gasteiger partial charge in [0.25, 0.3) is 5.91 Å². The van der Waals surface area contributed by atoms with Crippen molar-refractivity contribution in [1.29, 1.82) is 0 Å². The summed E-state index contributed by atoms with van der Waals surface area (Å²) in [6, 6.07) is 3.22.